The quantitative estimate of drug-likeness (QED) is 0.742. The smallest absolute Gasteiger partial charge is 0.341 e. The topological polar surface area (TPSA) is 123 Å². The van der Waals surface area contributed by atoms with Crippen molar-refractivity contribution < 1.29 is 19.1 Å². The number of fused-ring (bicyclic) bond motifs is 1. The molecular formula is C19H22FN5O4. The Labute approximate surface area is 165 Å². The third-order valence-electron chi connectivity index (χ3n) is 5.41. The molecule has 10 heteroatoms. The predicted molar refractivity (Wildman–Crippen MR) is 105 cm³/mol. The zero-order valence-corrected chi connectivity index (χ0v) is 16.2. The van der Waals surface area contributed by atoms with Crippen LogP contribution in [0.3, 0.4) is 0 Å². The monoisotopic (exact) mass is 403 g/mol. The molecule has 0 radical (unpaired) electrons. The van der Waals surface area contributed by atoms with Crippen LogP contribution in [0.4, 0.5) is 10.2 Å². The van der Waals surface area contributed by atoms with E-state index in [4.69, 9.17) is 10.6 Å². The first-order valence-corrected chi connectivity index (χ1v) is 9.36. The summed E-state index contributed by atoms with van der Waals surface area (Å²) < 4.78 is 16.6. The molecule has 9 nitrogen and oxygen atoms in total. The number of rotatable bonds is 4. The van der Waals surface area contributed by atoms with Crippen LogP contribution < -0.4 is 16.1 Å². The summed E-state index contributed by atoms with van der Waals surface area (Å²) >= 11 is 0. The molecule has 0 bridgehead atoms. The van der Waals surface area contributed by atoms with Gasteiger partial charge in [0.05, 0.1) is 16.6 Å². The number of piperidine rings is 1. The fourth-order valence-corrected chi connectivity index (χ4v) is 3.78. The van der Waals surface area contributed by atoms with Crippen molar-refractivity contribution in [3.05, 3.63) is 33.9 Å². The first-order chi connectivity index (χ1) is 13.7. The Morgan fingerprint density at radius 3 is 2.79 bits per heavy atom. The van der Waals surface area contributed by atoms with Crippen LogP contribution in [-0.4, -0.2) is 52.1 Å². The highest BCUT2D eigenvalue weighted by molar-refractivity contribution is 5.95. The van der Waals surface area contributed by atoms with E-state index in [1.807, 2.05) is 0 Å². The number of carbonyl (C=O) groups is 1. The molecule has 1 saturated carbocycles. The maximum atomic E-state index is 15.0. The van der Waals surface area contributed by atoms with Crippen molar-refractivity contribution in [3.8, 4) is 0 Å². The molecule has 0 aromatic carbocycles. The summed E-state index contributed by atoms with van der Waals surface area (Å²) in [5, 5.41) is 13.3. The number of nitrogens with two attached hydrogens (primary N) is 1. The van der Waals surface area contributed by atoms with Crippen LogP contribution in [0.5, 0.6) is 0 Å². The van der Waals surface area contributed by atoms with E-state index in [9.17, 15) is 19.1 Å². The van der Waals surface area contributed by atoms with Gasteiger partial charge in [0, 0.05) is 31.7 Å². The fraction of sp³-hybridized carbons (Fsp3) is 0.474. The molecule has 154 valence electrons. The average molecular weight is 403 g/mol. The zero-order chi connectivity index (χ0) is 20.9. The second kappa shape index (κ2) is 6.80. The molecule has 2 fully saturated rings. The van der Waals surface area contributed by atoms with Crippen molar-refractivity contribution in [2.24, 2.45) is 10.9 Å². The molecule has 2 aromatic rings. The van der Waals surface area contributed by atoms with Gasteiger partial charge in [0.15, 0.2) is 11.6 Å². The minimum Gasteiger partial charge on any atom is -0.477 e. The number of halogens is 1. The molecule has 1 aliphatic carbocycles. The second-order valence-corrected chi connectivity index (χ2v) is 7.79. The largest absolute Gasteiger partial charge is 0.477 e. The Bertz CT molecular complexity index is 1090. The number of aromatic nitrogens is 2. The summed E-state index contributed by atoms with van der Waals surface area (Å²) in [6.45, 7) is 2.49. The third kappa shape index (κ3) is 3.33. The lowest BCUT2D eigenvalue weighted by Gasteiger charge is -2.39. The normalized spacial score (nSPS) is 23.6. The van der Waals surface area contributed by atoms with E-state index < -0.39 is 22.8 Å². The molecule has 2 aromatic heterocycles. The number of anilines is 1. The van der Waals surface area contributed by atoms with Gasteiger partial charge < -0.3 is 25.1 Å². The average Bonchev–Trinajstić information content (AvgIpc) is 3.48. The van der Waals surface area contributed by atoms with E-state index in [0.29, 0.717) is 18.7 Å². The van der Waals surface area contributed by atoms with Crippen LogP contribution >= 0.6 is 0 Å². The standard InChI is InChI=1S/C19H22FN5O4/c1-19(21)9-24(6-5-14(19)23-29-2)17-13(20)7-11-15(26)12(18(27)28)8-25(10-3-4-10)16(11)22-17/h7-8,10H,3-6,9,21H2,1-2H3,(H,27,28)/b23-14-. The van der Waals surface area contributed by atoms with E-state index in [1.165, 1.54) is 13.3 Å². The third-order valence-corrected chi connectivity index (χ3v) is 5.41. The van der Waals surface area contributed by atoms with Gasteiger partial charge in [-0.2, -0.15) is 0 Å². The number of hydrogen-bond acceptors (Lipinski definition) is 7. The number of aromatic carboxylic acids is 1. The molecule has 29 heavy (non-hydrogen) atoms. The second-order valence-electron chi connectivity index (χ2n) is 7.79. The highest BCUT2D eigenvalue weighted by Gasteiger charge is 2.36. The molecule has 3 N–H and O–H groups in total. The molecular weight excluding hydrogens is 381 g/mol. The fourth-order valence-electron chi connectivity index (χ4n) is 3.78. The Morgan fingerprint density at radius 2 is 2.21 bits per heavy atom. The van der Waals surface area contributed by atoms with Gasteiger partial charge in [-0.1, -0.05) is 5.16 Å². The lowest BCUT2D eigenvalue weighted by molar-refractivity contribution is 0.0695. The van der Waals surface area contributed by atoms with E-state index in [-0.39, 0.29) is 35.0 Å². The van der Waals surface area contributed by atoms with Crippen LogP contribution in [-0.2, 0) is 4.84 Å². The van der Waals surface area contributed by atoms with E-state index >= 15 is 0 Å². The molecule has 1 aliphatic heterocycles. The number of pyridine rings is 2. The van der Waals surface area contributed by atoms with Crippen molar-refractivity contribution in [2.75, 3.05) is 25.1 Å². The minimum atomic E-state index is -1.34. The Hall–Kier alpha value is -3.01. The summed E-state index contributed by atoms with van der Waals surface area (Å²) in [5.41, 5.74) is 5.35. The molecule has 4 rings (SSSR count). The molecule has 1 unspecified atom stereocenters. The first-order valence-electron chi connectivity index (χ1n) is 9.36. The molecule has 0 amide bonds. The van der Waals surface area contributed by atoms with E-state index in [2.05, 4.69) is 10.1 Å². The first kappa shape index (κ1) is 19.3. The highest BCUT2D eigenvalue weighted by atomic mass is 19.1. The summed E-state index contributed by atoms with van der Waals surface area (Å²) in [7, 11) is 1.45. The van der Waals surface area contributed by atoms with Crippen LogP contribution in [0.15, 0.2) is 22.2 Å². The molecule has 1 saturated heterocycles. The minimum absolute atomic E-state index is 0.0350. The van der Waals surface area contributed by atoms with E-state index in [1.54, 1.807) is 16.4 Å². The molecule has 0 spiro atoms. The number of hydrogen-bond donors (Lipinski definition) is 2. The van der Waals surface area contributed by atoms with Gasteiger partial charge >= 0.3 is 5.97 Å². The molecule has 3 heterocycles. The van der Waals surface area contributed by atoms with Crippen LogP contribution in [0.25, 0.3) is 11.0 Å². The number of carboxylic acids is 1. The Balaban J connectivity index is 1.83. The van der Waals surface area contributed by atoms with Crippen LogP contribution in [0.1, 0.15) is 42.6 Å². The van der Waals surface area contributed by atoms with Gasteiger partial charge in [-0.15, -0.1) is 0 Å². The zero-order valence-electron chi connectivity index (χ0n) is 16.2. The van der Waals surface area contributed by atoms with Crippen LogP contribution in [0, 0.1) is 5.82 Å². The predicted octanol–water partition coefficient (Wildman–Crippen LogP) is 1.50. The summed E-state index contributed by atoms with van der Waals surface area (Å²) in [6.07, 6.45) is 3.50. The van der Waals surface area contributed by atoms with Crippen molar-refractivity contribution in [2.45, 2.75) is 37.8 Å². The van der Waals surface area contributed by atoms with Gasteiger partial charge in [0.2, 0.25) is 5.43 Å². The van der Waals surface area contributed by atoms with Gasteiger partial charge in [0.1, 0.15) is 18.3 Å². The lowest BCUT2D eigenvalue weighted by atomic mass is 9.90. The van der Waals surface area contributed by atoms with Crippen molar-refractivity contribution in [1.29, 1.82) is 0 Å². The SMILES string of the molecule is CO/N=C1/CCN(c2nc3c(cc2F)c(=O)c(C(=O)O)cn3C2CC2)CC1(C)N. The highest BCUT2D eigenvalue weighted by Crippen LogP contribution is 2.37. The number of carboxylic acid groups (broad SMARTS) is 1. The maximum absolute atomic E-state index is 15.0. The summed E-state index contributed by atoms with van der Waals surface area (Å²) in [6, 6.07) is 1.14. The van der Waals surface area contributed by atoms with Crippen molar-refractivity contribution in [3.63, 3.8) is 0 Å². The van der Waals surface area contributed by atoms with Gasteiger partial charge in [-0.25, -0.2) is 14.2 Å². The Morgan fingerprint density at radius 1 is 1.48 bits per heavy atom. The Kier molecular flexibility index (Phi) is 4.53. The number of nitrogens with zero attached hydrogens (tertiary/aromatic N) is 4. The summed E-state index contributed by atoms with van der Waals surface area (Å²) in [5.74, 6) is -1.94. The van der Waals surface area contributed by atoms with Gasteiger partial charge in [-0.3, -0.25) is 4.79 Å². The lowest BCUT2D eigenvalue weighted by Crippen LogP contribution is -2.59. The molecule has 1 atom stereocenters. The van der Waals surface area contributed by atoms with Crippen molar-refractivity contribution >= 4 is 28.5 Å². The summed E-state index contributed by atoms with van der Waals surface area (Å²) in [4.78, 5) is 35.0. The number of oxime groups is 1. The molecule has 2 aliphatic rings. The van der Waals surface area contributed by atoms with Crippen LogP contribution in [0.2, 0.25) is 0 Å². The maximum Gasteiger partial charge on any atom is 0.341 e. The van der Waals surface area contributed by atoms with E-state index in [0.717, 1.165) is 18.9 Å². The van der Waals surface area contributed by atoms with Gasteiger partial charge in [0.25, 0.3) is 0 Å². The van der Waals surface area contributed by atoms with Gasteiger partial charge in [-0.05, 0) is 25.8 Å². The van der Waals surface area contributed by atoms with Crippen molar-refractivity contribution in [1.82, 2.24) is 9.55 Å².